The molecule has 0 amide bonds. The molecule has 0 aromatic carbocycles. The van der Waals surface area contributed by atoms with Crippen molar-refractivity contribution in [3.63, 3.8) is 0 Å². The zero-order chi connectivity index (χ0) is 11.3. The first kappa shape index (κ1) is 12.9. The lowest BCUT2D eigenvalue weighted by Gasteiger charge is -2.38. The topological polar surface area (TPSA) is 32.5 Å². The summed E-state index contributed by atoms with van der Waals surface area (Å²) in [6.07, 6.45) is 2.68. The van der Waals surface area contributed by atoms with Gasteiger partial charge in [-0.2, -0.15) is 0 Å². The van der Waals surface area contributed by atoms with E-state index >= 15 is 0 Å². The fourth-order valence-corrected chi connectivity index (χ4v) is 2.46. The molecule has 0 spiro atoms. The number of hydrogen-bond acceptors (Lipinski definition) is 3. The third-order valence-electron chi connectivity index (χ3n) is 3.21. The molecule has 0 radical (unpaired) electrons. The van der Waals surface area contributed by atoms with Crippen LogP contribution in [0, 0.1) is 5.92 Å². The van der Waals surface area contributed by atoms with E-state index in [1.54, 1.807) is 0 Å². The number of nitrogens with two attached hydrogens (primary N) is 1. The molecule has 0 bridgehead atoms. The maximum absolute atomic E-state index is 5.60. The van der Waals surface area contributed by atoms with E-state index in [2.05, 4.69) is 30.7 Å². The molecule has 3 heteroatoms. The van der Waals surface area contributed by atoms with Crippen LogP contribution in [0.1, 0.15) is 26.7 Å². The predicted octanol–water partition coefficient (Wildman–Crippen LogP) is 0.997. The second kappa shape index (κ2) is 6.46. The van der Waals surface area contributed by atoms with Gasteiger partial charge in [-0.25, -0.2) is 0 Å². The van der Waals surface area contributed by atoms with E-state index in [0.29, 0.717) is 0 Å². The third kappa shape index (κ3) is 4.49. The van der Waals surface area contributed by atoms with Gasteiger partial charge in [-0.05, 0) is 32.4 Å². The summed E-state index contributed by atoms with van der Waals surface area (Å²) in [5, 5.41) is 0. The molecule has 3 nitrogen and oxygen atoms in total. The van der Waals surface area contributed by atoms with Gasteiger partial charge in [-0.1, -0.05) is 13.8 Å². The lowest BCUT2D eigenvalue weighted by molar-refractivity contribution is 0.109. The normalized spacial score (nSPS) is 24.0. The van der Waals surface area contributed by atoms with E-state index in [1.165, 1.54) is 32.5 Å². The fourth-order valence-electron chi connectivity index (χ4n) is 2.46. The van der Waals surface area contributed by atoms with E-state index in [4.69, 9.17) is 5.73 Å². The van der Waals surface area contributed by atoms with Crippen LogP contribution in [-0.4, -0.2) is 55.6 Å². The highest BCUT2D eigenvalue weighted by atomic mass is 15.2. The smallest absolute Gasteiger partial charge is 0.0221 e. The van der Waals surface area contributed by atoms with Crippen molar-refractivity contribution >= 4 is 0 Å². The van der Waals surface area contributed by atoms with Gasteiger partial charge in [-0.3, -0.25) is 0 Å². The molecule has 2 N–H and O–H groups in total. The van der Waals surface area contributed by atoms with Crippen LogP contribution in [0.15, 0.2) is 0 Å². The minimum atomic E-state index is 0.723. The van der Waals surface area contributed by atoms with Gasteiger partial charge in [0.25, 0.3) is 0 Å². The highest BCUT2D eigenvalue weighted by Gasteiger charge is 2.22. The van der Waals surface area contributed by atoms with Crippen LogP contribution in [-0.2, 0) is 0 Å². The predicted molar refractivity (Wildman–Crippen MR) is 66.0 cm³/mol. The molecular weight excluding hydrogens is 186 g/mol. The molecule has 1 atom stereocenters. The highest BCUT2D eigenvalue weighted by molar-refractivity contribution is 4.79. The number of hydrogen-bond donors (Lipinski definition) is 1. The van der Waals surface area contributed by atoms with Crippen LogP contribution in [0.2, 0.25) is 0 Å². The molecule has 0 saturated carbocycles. The summed E-state index contributed by atoms with van der Waals surface area (Å²) >= 11 is 0. The molecular formula is C12H27N3. The van der Waals surface area contributed by atoms with Crippen LogP contribution in [0.25, 0.3) is 0 Å². The van der Waals surface area contributed by atoms with Crippen molar-refractivity contribution in [1.82, 2.24) is 9.80 Å². The Morgan fingerprint density at radius 3 is 2.80 bits per heavy atom. The van der Waals surface area contributed by atoms with Gasteiger partial charge in [0.1, 0.15) is 0 Å². The largest absolute Gasteiger partial charge is 0.329 e. The summed E-state index contributed by atoms with van der Waals surface area (Å²) in [7, 11) is 2.20. The first-order chi connectivity index (χ1) is 7.13. The summed E-state index contributed by atoms with van der Waals surface area (Å²) < 4.78 is 0. The summed E-state index contributed by atoms with van der Waals surface area (Å²) in [6, 6.07) is 0.723. The Kier molecular flexibility index (Phi) is 5.58. The van der Waals surface area contributed by atoms with Crippen molar-refractivity contribution in [2.75, 3.05) is 39.8 Å². The monoisotopic (exact) mass is 213 g/mol. The molecule has 1 unspecified atom stereocenters. The lowest BCUT2D eigenvalue weighted by atomic mass is 10.0. The molecule has 1 aliphatic rings. The summed E-state index contributed by atoms with van der Waals surface area (Å²) in [5.74, 6) is 0.781. The van der Waals surface area contributed by atoms with Crippen LogP contribution in [0.5, 0.6) is 0 Å². The maximum Gasteiger partial charge on any atom is 0.0221 e. The second-order valence-corrected chi connectivity index (χ2v) is 5.22. The van der Waals surface area contributed by atoms with Crippen molar-refractivity contribution in [3.8, 4) is 0 Å². The van der Waals surface area contributed by atoms with Crippen molar-refractivity contribution in [3.05, 3.63) is 0 Å². The number of likely N-dealkylation sites (N-methyl/N-ethyl adjacent to an activating group) is 1. The first-order valence-corrected chi connectivity index (χ1v) is 6.26. The standard InChI is InChI=1S/C12H27N3/c1-11(2)9-15-7-4-5-12(10-15)14(3)8-6-13/h11-12H,4-10,13H2,1-3H3. The second-order valence-electron chi connectivity index (χ2n) is 5.22. The summed E-state index contributed by atoms with van der Waals surface area (Å²) in [4.78, 5) is 5.03. The Bertz CT molecular complexity index is 170. The average molecular weight is 213 g/mol. The van der Waals surface area contributed by atoms with Crippen LogP contribution < -0.4 is 5.73 Å². The van der Waals surface area contributed by atoms with Crippen LogP contribution >= 0.6 is 0 Å². The number of likely N-dealkylation sites (tertiary alicyclic amines) is 1. The maximum atomic E-state index is 5.60. The van der Waals surface area contributed by atoms with Crippen LogP contribution in [0.4, 0.5) is 0 Å². The van der Waals surface area contributed by atoms with Gasteiger partial charge in [0.15, 0.2) is 0 Å². The molecule has 0 aromatic heterocycles. The Morgan fingerprint density at radius 2 is 2.20 bits per heavy atom. The Balaban J connectivity index is 2.34. The molecule has 1 aliphatic heterocycles. The van der Waals surface area contributed by atoms with E-state index in [0.717, 1.165) is 25.0 Å². The quantitative estimate of drug-likeness (QED) is 0.739. The molecule has 15 heavy (non-hydrogen) atoms. The first-order valence-electron chi connectivity index (χ1n) is 6.26. The van der Waals surface area contributed by atoms with Crippen molar-refractivity contribution in [2.24, 2.45) is 11.7 Å². The fraction of sp³-hybridized carbons (Fsp3) is 1.00. The van der Waals surface area contributed by atoms with Gasteiger partial charge < -0.3 is 15.5 Å². The van der Waals surface area contributed by atoms with E-state index in [1.807, 2.05) is 0 Å². The molecule has 1 heterocycles. The molecule has 1 saturated heterocycles. The van der Waals surface area contributed by atoms with E-state index in [-0.39, 0.29) is 0 Å². The van der Waals surface area contributed by atoms with Crippen molar-refractivity contribution < 1.29 is 0 Å². The minimum absolute atomic E-state index is 0.723. The molecule has 90 valence electrons. The van der Waals surface area contributed by atoms with Gasteiger partial charge in [-0.15, -0.1) is 0 Å². The third-order valence-corrected chi connectivity index (χ3v) is 3.21. The highest BCUT2D eigenvalue weighted by Crippen LogP contribution is 2.15. The van der Waals surface area contributed by atoms with Crippen molar-refractivity contribution in [1.29, 1.82) is 0 Å². The van der Waals surface area contributed by atoms with Crippen molar-refractivity contribution in [2.45, 2.75) is 32.7 Å². The summed E-state index contributed by atoms with van der Waals surface area (Å²) in [6.45, 7) is 10.2. The minimum Gasteiger partial charge on any atom is -0.329 e. The van der Waals surface area contributed by atoms with Gasteiger partial charge >= 0.3 is 0 Å². The SMILES string of the molecule is CC(C)CN1CCCC(N(C)CCN)C1. The number of piperidine rings is 1. The Hall–Kier alpha value is -0.120. The lowest BCUT2D eigenvalue weighted by Crippen LogP contribution is -2.48. The zero-order valence-electron chi connectivity index (χ0n) is 10.6. The zero-order valence-corrected chi connectivity index (χ0v) is 10.6. The average Bonchev–Trinajstić information content (AvgIpc) is 2.17. The molecule has 0 aliphatic carbocycles. The van der Waals surface area contributed by atoms with Gasteiger partial charge in [0, 0.05) is 32.2 Å². The van der Waals surface area contributed by atoms with Gasteiger partial charge in [0.2, 0.25) is 0 Å². The molecule has 1 rings (SSSR count). The Morgan fingerprint density at radius 1 is 1.47 bits per heavy atom. The number of rotatable bonds is 5. The number of nitrogens with zero attached hydrogens (tertiary/aromatic N) is 2. The van der Waals surface area contributed by atoms with E-state index < -0.39 is 0 Å². The van der Waals surface area contributed by atoms with Gasteiger partial charge in [0.05, 0.1) is 0 Å². The van der Waals surface area contributed by atoms with Crippen LogP contribution in [0.3, 0.4) is 0 Å². The van der Waals surface area contributed by atoms with E-state index in [9.17, 15) is 0 Å². The molecule has 0 aromatic rings. The summed E-state index contributed by atoms with van der Waals surface area (Å²) in [5.41, 5.74) is 5.60. The molecule has 1 fully saturated rings. The Labute approximate surface area is 94.6 Å².